The summed E-state index contributed by atoms with van der Waals surface area (Å²) >= 11 is 0. The van der Waals surface area contributed by atoms with Gasteiger partial charge in [0, 0.05) is 5.56 Å². The van der Waals surface area contributed by atoms with Crippen LogP contribution < -0.4 is 5.32 Å². The maximum Gasteiger partial charge on any atom is 0.328 e. The van der Waals surface area contributed by atoms with Crippen molar-refractivity contribution in [2.45, 2.75) is 40.2 Å². The summed E-state index contributed by atoms with van der Waals surface area (Å²) < 4.78 is 4.76. The summed E-state index contributed by atoms with van der Waals surface area (Å²) in [6, 6.07) is 5.08. The maximum absolute atomic E-state index is 12.4. The van der Waals surface area contributed by atoms with Crippen molar-refractivity contribution in [3.8, 4) is 0 Å². The third kappa shape index (κ3) is 4.08. The third-order valence-corrected chi connectivity index (χ3v) is 3.21. The van der Waals surface area contributed by atoms with Gasteiger partial charge in [-0.25, -0.2) is 4.79 Å². The van der Waals surface area contributed by atoms with Gasteiger partial charge >= 0.3 is 5.97 Å². The largest absolute Gasteiger partial charge is 0.467 e. The van der Waals surface area contributed by atoms with Crippen molar-refractivity contribution >= 4 is 11.9 Å². The van der Waals surface area contributed by atoms with Gasteiger partial charge < -0.3 is 10.1 Å². The molecule has 1 rings (SSSR count). The van der Waals surface area contributed by atoms with E-state index in [-0.39, 0.29) is 11.8 Å². The molecule has 0 aromatic heterocycles. The molecule has 4 heteroatoms. The van der Waals surface area contributed by atoms with E-state index in [9.17, 15) is 9.59 Å². The lowest BCUT2D eigenvalue weighted by Crippen LogP contribution is -2.42. The summed E-state index contributed by atoms with van der Waals surface area (Å²) in [7, 11) is 1.33. The summed E-state index contributed by atoms with van der Waals surface area (Å²) in [5.41, 5.74) is 2.43. The molecule has 0 bridgehead atoms. The third-order valence-electron chi connectivity index (χ3n) is 3.21. The second-order valence-corrected chi connectivity index (χ2v) is 5.45. The van der Waals surface area contributed by atoms with Crippen molar-refractivity contribution in [2.24, 2.45) is 5.92 Å². The minimum atomic E-state index is -0.605. The molecule has 0 radical (unpaired) electrons. The van der Waals surface area contributed by atoms with Crippen LogP contribution in [0.15, 0.2) is 18.2 Å². The van der Waals surface area contributed by atoms with Gasteiger partial charge in [-0.2, -0.15) is 0 Å². The Bertz CT molecular complexity index is 474. The predicted octanol–water partition coefficient (Wildman–Crippen LogP) is 2.62. The van der Waals surface area contributed by atoms with Crippen molar-refractivity contribution in [2.75, 3.05) is 7.11 Å². The lowest BCUT2D eigenvalue weighted by molar-refractivity contribution is -0.143. The van der Waals surface area contributed by atoms with Crippen LogP contribution in [0.3, 0.4) is 0 Å². The maximum atomic E-state index is 12.4. The predicted molar refractivity (Wildman–Crippen MR) is 78.6 cm³/mol. The summed E-state index contributed by atoms with van der Waals surface area (Å²) in [6.07, 6.45) is 0.559. The van der Waals surface area contributed by atoms with Crippen LogP contribution in [0.5, 0.6) is 0 Å². The molecule has 1 atom stereocenters. The fraction of sp³-hybridized carbons (Fsp3) is 0.500. The van der Waals surface area contributed by atoms with Gasteiger partial charge in [-0.1, -0.05) is 32.0 Å². The van der Waals surface area contributed by atoms with Crippen LogP contribution in [0.1, 0.15) is 41.8 Å². The van der Waals surface area contributed by atoms with E-state index >= 15 is 0 Å². The van der Waals surface area contributed by atoms with E-state index in [1.54, 1.807) is 0 Å². The number of carbonyl (C=O) groups is 2. The smallest absolute Gasteiger partial charge is 0.328 e. The van der Waals surface area contributed by atoms with Crippen LogP contribution in [-0.4, -0.2) is 25.0 Å². The Labute approximate surface area is 120 Å². The first kappa shape index (κ1) is 16.2. The number of methoxy groups -OCH3 is 1. The minimum absolute atomic E-state index is 0.225. The topological polar surface area (TPSA) is 55.4 Å². The monoisotopic (exact) mass is 277 g/mol. The summed E-state index contributed by atoms with van der Waals surface area (Å²) in [5, 5.41) is 2.78. The highest BCUT2D eigenvalue weighted by atomic mass is 16.5. The lowest BCUT2D eigenvalue weighted by atomic mass is 10.00. The molecule has 1 aromatic carbocycles. The molecule has 0 fully saturated rings. The van der Waals surface area contributed by atoms with Crippen molar-refractivity contribution < 1.29 is 14.3 Å². The van der Waals surface area contributed by atoms with Crippen LogP contribution in [0.4, 0.5) is 0 Å². The second kappa shape index (κ2) is 7.08. The number of hydrogen-bond acceptors (Lipinski definition) is 3. The Morgan fingerprint density at radius 2 is 1.75 bits per heavy atom. The number of rotatable bonds is 5. The molecule has 110 valence electrons. The first-order chi connectivity index (χ1) is 9.36. The molecular weight excluding hydrogens is 254 g/mol. The second-order valence-electron chi connectivity index (χ2n) is 5.45. The standard InChI is InChI=1S/C16H23NO3/c1-10(2)9-13(16(19)20-5)17-15(18)14-11(3)7-6-8-12(14)4/h6-8,10,13H,9H2,1-5H3,(H,17,18). The van der Waals surface area contributed by atoms with E-state index in [0.29, 0.717) is 12.0 Å². The highest BCUT2D eigenvalue weighted by Gasteiger charge is 2.24. The molecule has 0 aliphatic rings. The molecular formula is C16H23NO3. The van der Waals surface area contributed by atoms with E-state index < -0.39 is 12.0 Å². The van der Waals surface area contributed by atoms with Gasteiger partial charge in [0.1, 0.15) is 6.04 Å². The molecule has 0 spiro atoms. The number of nitrogens with one attached hydrogen (secondary N) is 1. The number of esters is 1. The normalized spacial score (nSPS) is 12.1. The molecule has 0 aliphatic heterocycles. The molecule has 0 aliphatic carbocycles. The van der Waals surface area contributed by atoms with Gasteiger partial charge in [-0.05, 0) is 37.3 Å². The van der Waals surface area contributed by atoms with Gasteiger partial charge in [0.05, 0.1) is 7.11 Å². The molecule has 20 heavy (non-hydrogen) atoms. The summed E-state index contributed by atoms with van der Waals surface area (Å²) in [6.45, 7) is 7.78. The van der Waals surface area contributed by atoms with E-state index in [4.69, 9.17) is 4.74 Å². The summed E-state index contributed by atoms with van der Waals surface area (Å²) in [5.74, 6) is -0.340. The van der Waals surface area contributed by atoms with E-state index in [1.807, 2.05) is 45.9 Å². The molecule has 0 heterocycles. The first-order valence-electron chi connectivity index (χ1n) is 6.81. The highest BCUT2D eigenvalue weighted by molar-refractivity contribution is 5.99. The average Bonchev–Trinajstić information content (AvgIpc) is 2.36. The van der Waals surface area contributed by atoms with Crippen LogP contribution in [-0.2, 0) is 9.53 Å². The number of hydrogen-bond donors (Lipinski definition) is 1. The number of aryl methyl sites for hydroxylation is 2. The van der Waals surface area contributed by atoms with Gasteiger partial charge in [0.2, 0.25) is 0 Å². The highest BCUT2D eigenvalue weighted by Crippen LogP contribution is 2.14. The first-order valence-corrected chi connectivity index (χ1v) is 6.81. The van der Waals surface area contributed by atoms with Crippen LogP contribution in [0.2, 0.25) is 0 Å². The number of benzene rings is 1. The Morgan fingerprint density at radius 1 is 1.20 bits per heavy atom. The van der Waals surface area contributed by atoms with Crippen molar-refractivity contribution in [1.29, 1.82) is 0 Å². The van der Waals surface area contributed by atoms with Crippen molar-refractivity contribution in [3.05, 3.63) is 34.9 Å². The number of carbonyl (C=O) groups excluding carboxylic acids is 2. The van der Waals surface area contributed by atoms with Crippen molar-refractivity contribution in [3.63, 3.8) is 0 Å². The zero-order valence-corrected chi connectivity index (χ0v) is 12.8. The number of amides is 1. The molecule has 1 amide bonds. The Balaban J connectivity index is 2.93. The molecule has 4 nitrogen and oxygen atoms in total. The van der Waals surface area contributed by atoms with Gasteiger partial charge in [0.25, 0.3) is 5.91 Å². The summed E-state index contributed by atoms with van der Waals surface area (Å²) in [4.78, 5) is 24.1. The van der Waals surface area contributed by atoms with Crippen LogP contribution in [0.25, 0.3) is 0 Å². The van der Waals surface area contributed by atoms with Crippen LogP contribution >= 0.6 is 0 Å². The number of ether oxygens (including phenoxy) is 1. The van der Waals surface area contributed by atoms with E-state index in [2.05, 4.69) is 5.32 Å². The fourth-order valence-corrected chi connectivity index (χ4v) is 2.23. The quantitative estimate of drug-likeness (QED) is 0.842. The average molecular weight is 277 g/mol. The molecule has 1 N–H and O–H groups in total. The zero-order valence-electron chi connectivity index (χ0n) is 12.8. The SMILES string of the molecule is COC(=O)C(CC(C)C)NC(=O)c1c(C)cccc1C. The Kier molecular flexibility index (Phi) is 5.74. The van der Waals surface area contributed by atoms with Crippen molar-refractivity contribution in [1.82, 2.24) is 5.32 Å². The van der Waals surface area contributed by atoms with E-state index in [1.165, 1.54) is 7.11 Å². The zero-order chi connectivity index (χ0) is 15.3. The molecule has 1 aromatic rings. The van der Waals surface area contributed by atoms with E-state index in [0.717, 1.165) is 11.1 Å². The van der Waals surface area contributed by atoms with Gasteiger partial charge in [0.15, 0.2) is 0 Å². The molecule has 0 saturated carbocycles. The van der Waals surface area contributed by atoms with Crippen LogP contribution in [0, 0.1) is 19.8 Å². The Hall–Kier alpha value is -1.84. The molecule has 1 unspecified atom stereocenters. The van der Waals surface area contributed by atoms with Gasteiger partial charge in [-0.3, -0.25) is 4.79 Å². The molecule has 0 saturated heterocycles. The lowest BCUT2D eigenvalue weighted by Gasteiger charge is -2.19. The minimum Gasteiger partial charge on any atom is -0.467 e. The Morgan fingerprint density at radius 3 is 2.20 bits per heavy atom. The fourth-order valence-electron chi connectivity index (χ4n) is 2.23. The van der Waals surface area contributed by atoms with Gasteiger partial charge in [-0.15, -0.1) is 0 Å².